The minimum atomic E-state index is -1.14. The number of benzene rings is 2. The molecule has 1 aliphatic heterocycles. The average Bonchev–Trinajstić information content (AvgIpc) is 2.66. The van der Waals surface area contributed by atoms with Crippen LogP contribution >= 0.6 is 0 Å². The molecular formula is C24H30N2O2. The second-order valence-corrected chi connectivity index (χ2v) is 9.12. The van der Waals surface area contributed by atoms with Crippen molar-refractivity contribution in [2.75, 3.05) is 11.9 Å². The van der Waals surface area contributed by atoms with Gasteiger partial charge in [0, 0.05) is 18.8 Å². The van der Waals surface area contributed by atoms with Gasteiger partial charge in [0.15, 0.2) is 0 Å². The fourth-order valence-corrected chi connectivity index (χ4v) is 3.69. The molecule has 0 fully saturated rings. The van der Waals surface area contributed by atoms with Crippen LogP contribution in [0.1, 0.15) is 51.3 Å². The molecule has 0 bridgehead atoms. The number of amides is 2. The van der Waals surface area contributed by atoms with Crippen LogP contribution in [0.2, 0.25) is 0 Å². The first-order valence-corrected chi connectivity index (χ1v) is 9.88. The van der Waals surface area contributed by atoms with Crippen LogP contribution in [-0.4, -0.2) is 23.3 Å². The number of carbonyl (C=O) groups is 2. The second-order valence-electron chi connectivity index (χ2n) is 9.12. The topological polar surface area (TPSA) is 49.4 Å². The summed E-state index contributed by atoms with van der Waals surface area (Å²) in [6, 6.07) is 16.0. The Morgan fingerprint density at radius 2 is 1.50 bits per heavy atom. The van der Waals surface area contributed by atoms with Crippen LogP contribution in [0.25, 0.3) is 0 Å². The normalized spacial score (nSPS) is 14.4. The van der Waals surface area contributed by atoms with Crippen molar-refractivity contribution in [2.24, 2.45) is 5.41 Å². The van der Waals surface area contributed by atoms with E-state index in [1.807, 2.05) is 36.4 Å². The van der Waals surface area contributed by atoms with Gasteiger partial charge >= 0.3 is 0 Å². The SMILES string of the molecule is CC(C)(C(=O)Nc1ccccc1C(C)(C)C)C(=O)N1CCc2ccccc2C1. The van der Waals surface area contributed by atoms with Gasteiger partial charge in [0.2, 0.25) is 11.8 Å². The van der Waals surface area contributed by atoms with E-state index in [-0.39, 0.29) is 17.2 Å². The van der Waals surface area contributed by atoms with Gasteiger partial charge in [-0.3, -0.25) is 9.59 Å². The molecule has 0 saturated heterocycles. The van der Waals surface area contributed by atoms with Crippen LogP contribution in [0.15, 0.2) is 48.5 Å². The predicted octanol–water partition coefficient (Wildman–Crippen LogP) is 4.53. The van der Waals surface area contributed by atoms with Gasteiger partial charge < -0.3 is 10.2 Å². The van der Waals surface area contributed by atoms with Gasteiger partial charge in [0.1, 0.15) is 5.41 Å². The number of hydrogen-bond acceptors (Lipinski definition) is 2. The van der Waals surface area contributed by atoms with Crippen LogP contribution in [0, 0.1) is 5.41 Å². The highest BCUT2D eigenvalue weighted by Gasteiger charge is 2.40. The molecule has 1 heterocycles. The first-order valence-electron chi connectivity index (χ1n) is 9.88. The fraction of sp³-hybridized carbons (Fsp3) is 0.417. The molecule has 0 radical (unpaired) electrons. The molecule has 4 heteroatoms. The van der Waals surface area contributed by atoms with Gasteiger partial charge in [-0.15, -0.1) is 0 Å². The number of nitrogens with zero attached hydrogens (tertiary/aromatic N) is 1. The lowest BCUT2D eigenvalue weighted by atomic mass is 9.84. The van der Waals surface area contributed by atoms with Gasteiger partial charge in [-0.05, 0) is 48.4 Å². The number of hydrogen-bond donors (Lipinski definition) is 1. The third-order valence-electron chi connectivity index (χ3n) is 5.50. The van der Waals surface area contributed by atoms with Crippen molar-refractivity contribution in [3.05, 3.63) is 65.2 Å². The zero-order valence-electron chi connectivity index (χ0n) is 17.5. The van der Waals surface area contributed by atoms with Gasteiger partial charge in [-0.1, -0.05) is 63.2 Å². The molecule has 0 aromatic heterocycles. The van der Waals surface area contributed by atoms with Crippen molar-refractivity contribution in [1.82, 2.24) is 4.90 Å². The molecule has 1 N–H and O–H groups in total. The molecule has 0 unspecified atom stereocenters. The first-order chi connectivity index (χ1) is 13.1. The van der Waals surface area contributed by atoms with E-state index < -0.39 is 5.41 Å². The molecule has 0 aliphatic carbocycles. The third-order valence-corrected chi connectivity index (χ3v) is 5.50. The minimum Gasteiger partial charge on any atom is -0.337 e. The lowest BCUT2D eigenvalue weighted by Gasteiger charge is -2.35. The quantitative estimate of drug-likeness (QED) is 0.798. The van der Waals surface area contributed by atoms with E-state index in [1.54, 1.807) is 18.7 Å². The number of para-hydroxylation sites is 1. The maximum Gasteiger partial charge on any atom is 0.239 e. The van der Waals surface area contributed by atoms with E-state index in [0.717, 1.165) is 23.2 Å². The van der Waals surface area contributed by atoms with E-state index in [0.29, 0.717) is 13.1 Å². The van der Waals surface area contributed by atoms with Crippen molar-refractivity contribution < 1.29 is 9.59 Å². The summed E-state index contributed by atoms with van der Waals surface area (Å²) in [5.41, 5.74) is 3.03. The van der Waals surface area contributed by atoms with Gasteiger partial charge in [0.05, 0.1) is 0 Å². The molecule has 0 saturated carbocycles. The maximum atomic E-state index is 13.2. The number of rotatable bonds is 3. The Hall–Kier alpha value is -2.62. The summed E-state index contributed by atoms with van der Waals surface area (Å²) in [5, 5.41) is 3.01. The Labute approximate surface area is 167 Å². The van der Waals surface area contributed by atoms with E-state index in [4.69, 9.17) is 0 Å². The Morgan fingerprint density at radius 1 is 0.893 bits per heavy atom. The summed E-state index contributed by atoms with van der Waals surface area (Å²) in [7, 11) is 0. The van der Waals surface area contributed by atoms with Crippen molar-refractivity contribution in [2.45, 2.75) is 53.0 Å². The molecule has 3 rings (SSSR count). The molecule has 2 amide bonds. The molecule has 2 aromatic carbocycles. The zero-order chi connectivity index (χ0) is 20.5. The first kappa shape index (κ1) is 20.1. The van der Waals surface area contributed by atoms with Crippen molar-refractivity contribution in [3.8, 4) is 0 Å². The van der Waals surface area contributed by atoms with Crippen LogP contribution in [0.3, 0.4) is 0 Å². The minimum absolute atomic E-state index is 0.103. The highest BCUT2D eigenvalue weighted by molar-refractivity contribution is 6.10. The number of carbonyl (C=O) groups excluding carboxylic acids is 2. The van der Waals surface area contributed by atoms with Crippen molar-refractivity contribution in [1.29, 1.82) is 0 Å². The second kappa shape index (κ2) is 7.42. The molecule has 4 nitrogen and oxygen atoms in total. The Kier molecular flexibility index (Phi) is 5.33. The predicted molar refractivity (Wildman–Crippen MR) is 113 cm³/mol. The molecule has 148 valence electrons. The largest absolute Gasteiger partial charge is 0.337 e. The summed E-state index contributed by atoms with van der Waals surface area (Å²) >= 11 is 0. The van der Waals surface area contributed by atoms with Crippen LogP contribution < -0.4 is 5.32 Å². The molecular weight excluding hydrogens is 348 g/mol. The Morgan fingerprint density at radius 3 is 2.18 bits per heavy atom. The zero-order valence-corrected chi connectivity index (χ0v) is 17.5. The van der Waals surface area contributed by atoms with Gasteiger partial charge in [0.25, 0.3) is 0 Å². The number of nitrogens with one attached hydrogen (secondary N) is 1. The van der Waals surface area contributed by atoms with E-state index in [1.165, 1.54) is 5.56 Å². The summed E-state index contributed by atoms with van der Waals surface area (Å²) in [5.74, 6) is -0.402. The van der Waals surface area contributed by atoms with Gasteiger partial charge in [-0.2, -0.15) is 0 Å². The molecule has 1 aliphatic rings. The smallest absolute Gasteiger partial charge is 0.239 e. The maximum absolute atomic E-state index is 13.2. The van der Waals surface area contributed by atoms with Crippen LogP contribution in [-0.2, 0) is 28.0 Å². The number of fused-ring (bicyclic) bond motifs is 1. The number of anilines is 1. The average molecular weight is 379 g/mol. The van der Waals surface area contributed by atoms with Crippen molar-refractivity contribution in [3.63, 3.8) is 0 Å². The van der Waals surface area contributed by atoms with E-state index in [2.05, 4.69) is 38.2 Å². The molecule has 0 spiro atoms. The Bertz CT molecular complexity index is 893. The highest BCUT2D eigenvalue weighted by Crippen LogP contribution is 2.31. The summed E-state index contributed by atoms with van der Waals surface area (Å²) in [6.07, 6.45) is 0.826. The van der Waals surface area contributed by atoms with E-state index >= 15 is 0 Å². The third kappa shape index (κ3) is 3.96. The summed E-state index contributed by atoms with van der Waals surface area (Å²) < 4.78 is 0. The molecule has 28 heavy (non-hydrogen) atoms. The van der Waals surface area contributed by atoms with Gasteiger partial charge in [-0.25, -0.2) is 0 Å². The van der Waals surface area contributed by atoms with Crippen LogP contribution in [0.5, 0.6) is 0 Å². The standard InChI is InChI=1S/C24H30N2O2/c1-23(2,3)19-12-8-9-13-20(19)25-21(27)24(4,5)22(28)26-15-14-17-10-6-7-11-18(17)16-26/h6-13H,14-16H2,1-5H3,(H,25,27). The molecule has 2 aromatic rings. The highest BCUT2D eigenvalue weighted by atomic mass is 16.2. The van der Waals surface area contributed by atoms with Crippen LogP contribution in [0.4, 0.5) is 5.69 Å². The summed E-state index contributed by atoms with van der Waals surface area (Å²) in [6.45, 7) is 11.0. The molecule has 0 atom stereocenters. The lowest BCUT2D eigenvalue weighted by molar-refractivity contribution is -0.147. The lowest BCUT2D eigenvalue weighted by Crippen LogP contribution is -2.49. The van der Waals surface area contributed by atoms with Crippen molar-refractivity contribution >= 4 is 17.5 Å². The summed E-state index contributed by atoms with van der Waals surface area (Å²) in [4.78, 5) is 28.1. The van der Waals surface area contributed by atoms with E-state index in [9.17, 15) is 9.59 Å². The Balaban J connectivity index is 1.78. The fourth-order valence-electron chi connectivity index (χ4n) is 3.69. The monoisotopic (exact) mass is 378 g/mol.